The van der Waals surface area contributed by atoms with Gasteiger partial charge in [-0.15, -0.1) is 0 Å². The first-order valence-electron chi connectivity index (χ1n) is 10.1. The highest BCUT2D eigenvalue weighted by Gasteiger charge is 2.18. The van der Waals surface area contributed by atoms with Crippen LogP contribution in [0.1, 0.15) is 5.56 Å². The highest BCUT2D eigenvalue weighted by Crippen LogP contribution is 2.28. The number of hydrogen-bond acceptors (Lipinski definition) is 5. The van der Waals surface area contributed by atoms with Crippen LogP contribution in [0.15, 0.2) is 65.5 Å². The van der Waals surface area contributed by atoms with Crippen molar-refractivity contribution in [2.24, 2.45) is 7.05 Å². The standard InChI is InChI=1S/C23H23N5O2/c1-26-22(29)10-9-20(25-26)23-24-19-8-7-18(27-11-13-30-14-12-27)15-21(19)28(23)16-17-5-3-2-4-6-17/h2-10,15H,11-14,16H2,1H3. The predicted octanol–water partition coefficient (Wildman–Crippen LogP) is 2.68. The lowest BCUT2D eigenvalue weighted by Crippen LogP contribution is -2.36. The molecule has 5 rings (SSSR count). The van der Waals surface area contributed by atoms with Crippen molar-refractivity contribution in [1.82, 2.24) is 19.3 Å². The summed E-state index contributed by atoms with van der Waals surface area (Å²) in [5, 5.41) is 4.45. The Morgan fingerprint density at radius 2 is 1.80 bits per heavy atom. The summed E-state index contributed by atoms with van der Waals surface area (Å²) in [6.45, 7) is 3.92. The minimum atomic E-state index is -0.140. The average Bonchev–Trinajstić information content (AvgIpc) is 3.14. The van der Waals surface area contributed by atoms with E-state index in [1.807, 2.05) is 18.2 Å². The zero-order chi connectivity index (χ0) is 20.5. The molecule has 0 aliphatic carbocycles. The third-order valence-corrected chi connectivity index (χ3v) is 5.48. The molecule has 7 heteroatoms. The fraction of sp³-hybridized carbons (Fsp3) is 0.261. The molecule has 2 aromatic heterocycles. The molecule has 152 valence electrons. The third kappa shape index (κ3) is 3.48. The zero-order valence-electron chi connectivity index (χ0n) is 16.9. The molecule has 0 amide bonds. The van der Waals surface area contributed by atoms with E-state index in [0.717, 1.165) is 43.2 Å². The van der Waals surface area contributed by atoms with Crippen LogP contribution in [0.25, 0.3) is 22.6 Å². The molecule has 0 atom stereocenters. The van der Waals surface area contributed by atoms with Crippen molar-refractivity contribution in [3.63, 3.8) is 0 Å². The summed E-state index contributed by atoms with van der Waals surface area (Å²) in [5.41, 5.74) is 4.85. The van der Waals surface area contributed by atoms with Crippen molar-refractivity contribution in [2.75, 3.05) is 31.2 Å². The van der Waals surface area contributed by atoms with Crippen molar-refractivity contribution in [1.29, 1.82) is 0 Å². The van der Waals surface area contributed by atoms with Gasteiger partial charge in [-0.3, -0.25) is 4.79 Å². The van der Waals surface area contributed by atoms with Crippen LogP contribution in [-0.4, -0.2) is 45.6 Å². The topological polar surface area (TPSA) is 65.2 Å². The minimum absolute atomic E-state index is 0.140. The van der Waals surface area contributed by atoms with E-state index in [4.69, 9.17) is 9.72 Å². The lowest BCUT2D eigenvalue weighted by atomic mass is 10.2. The first kappa shape index (κ1) is 18.6. The SMILES string of the molecule is Cn1nc(-c2nc3ccc(N4CCOCC4)cc3n2Cc2ccccc2)ccc1=O. The third-order valence-electron chi connectivity index (χ3n) is 5.48. The molecule has 0 saturated carbocycles. The monoisotopic (exact) mass is 401 g/mol. The number of fused-ring (bicyclic) bond motifs is 1. The van der Waals surface area contributed by atoms with E-state index in [1.165, 1.54) is 22.0 Å². The van der Waals surface area contributed by atoms with E-state index in [0.29, 0.717) is 12.2 Å². The number of anilines is 1. The van der Waals surface area contributed by atoms with Crippen LogP contribution < -0.4 is 10.5 Å². The van der Waals surface area contributed by atoms with Crippen molar-refractivity contribution in [3.05, 3.63) is 76.6 Å². The Bertz CT molecular complexity index is 1240. The number of hydrogen-bond donors (Lipinski definition) is 0. The second kappa shape index (κ2) is 7.76. The smallest absolute Gasteiger partial charge is 0.266 e. The molecule has 3 heterocycles. The van der Waals surface area contributed by atoms with E-state index in [9.17, 15) is 4.79 Å². The summed E-state index contributed by atoms with van der Waals surface area (Å²) in [7, 11) is 1.66. The Labute approximate surface area is 174 Å². The minimum Gasteiger partial charge on any atom is -0.378 e. The molecule has 1 saturated heterocycles. The van der Waals surface area contributed by atoms with Crippen LogP contribution in [-0.2, 0) is 18.3 Å². The van der Waals surface area contributed by atoms with Crippen LogP contribution in [0.2, 0.25) is 0 Å². The van der Waals surface area contributed by atoms with E-state index >= 15 is 0 Å². The Morgan fingerprint density at radius 1 is 1.00 bits per heavy atom. The number of aryl methyl sites for hydroxylation is 1. The molecular weight excluding hydrogens is 378 g/mol. The molecule has 1 aliphatic heterocycles. The van der Waals surface area contributed by atoms with Gasteiger partial charge >= 0.3 is 0 Å². The summed E-state index contributed by atoms with van der Waals surface area (Å²) in [6, 6.07) is 20.0. The Morgan fingerprint density at radius 3 is 2.57 bits per heavy atom. The van der Waals surface area contributed by atoms with Gasteiger partial charge in [-0.1, -0.05) is 30.3 Å². The molecule has 30 heavy (non-hydrogen) atoms. The normalized spacial score (nSPS) is 14.4. The number of aromatic nitrogens is 4. The number of morpholine rings is 1. The van der Waals surface area contributed by atoms with Gasteiger partial charge in [0.15, 0.2) is 5.82 Å². The van der Waals surface area contributed by atoms with Gasteiger partial charge in [0, 0.05) is 38.4 Å². The van der Waals surface area contributed by atoms with E-state index in [1.54, 1.807) is 13.1 Å². The van der Waals surface area contributed by atoms with Gasteiger partial charge in [0.1, 0.15) is 5.69 Å². The number of ether oxygens (including phenoxy) is 1. The summed E-state index contributed by atoms with van der Waals surface area (Å²) >= 11 is 0. The Balaban J connectivity index is 1.66. The van der Waals surface area contributed by atoms with Gasteiger partial charge in [-0.05, 0) is 29.8 Å². The second-order valence-electron chi connectivity index (χ2n) is 7.46. The Hall–Kier alpha value is -3.45. The lowest BCUT2D eigenvalue weighted by Gasteiger charge is -2.28. The maximum atomic E-state index is 11.8. The van der Waals surface area contributed by atoms with Crippen molar-refractivity contribution in [3.8, 4) is 11.5 Å². The second-order valence-corrected chi connectivity index (χ2v) is 7.46. The molecular formula is C23H23N5O2. The molecule has 0 spiro atoms. The quantitative estimate of drug-likeness (QED) is 0.526. The molecule has 0 bridgehead atoms. The molecule has 7 nitrogen and oxygen atoms in total. The predicted molar refractivity (Wildman–Crippen MR) is 117 cm³/mol. The number of imidazole rings is 1. The molecule has 0 unspecified atom stereocenters. The molecule has 1 aliphatic rings. The molecule has 2 aromatic carbocycles. The average molecular weight is 401 g/mol. The van der Waals surface area contributed by atoms with Gasteiger partial charge in [-0.25, -0.2) is 9.67 Å². The highest BCUT2D eigenvalue weighted by atomic mass is 16.5. The summed E-state index contributed by atoms with van der Waals surface area (Å²) < 4.78 is 9.03. The highest BCUT2D eigenvalue weighted by molar-refractivity contribution is 5.83. The first-order valence-corrected chi connectivity index (χ1v) is 10.1. The number of nitrogens with zero attached hydrogens (tertiary/aromatic N) is 5. The van der Waals surface area contributed by atoms with Crippen LogP contribution in [0.3, 0.4) is 0 Å². The maximum absolute atomic E-state index is 11.8. The van der Waals surface area contributed by atoms with Crippen molar-refractivity contribution in [2.45, 2.75) is 6.54 Å². The van der Waals surface area contributed by atoms with E-state index in [-0.39, 0.29) is 5.56 Å². The van der Waals surface area contributed by atoms with Gasteiger partial charge in [0.2, 0.25) is 0 Å². The lowest BCUT2D eigenvalue weighted by molar-refractivity contribution is 0.122. The molecule has 0 radical (unpaired) electrons. The van der Waals surface area contributed by atoms with Crippen LogP contribution in [0.4, 0.5) is 5.69 Å². The van der Waals surface area contributed by atoms with Crippen molar-refractivity contribution >= 4 is 16.7 Å². The molecule has 0 N–H and O–H groups in total. The van der Waals surface area contributed by atoms with Crippen molar-refractivity contribution < 1.29 is 4.74 Å². The largest absolute Gasteiger partial charge is 0.378 e. The van der Waals surface area contributed by atoms with Crippen LogP contribution in [0.5, 0.6) is 0 Å². The molecule has 1 fully saturated rings. The fourth-order valence-corrected chi connectivity index (χ4v) is 3.87. The first-order chi connectivity index (χ1) is 14.7. The van der Waals surface area contributed by atoms with E-state index in [2.05, 4.69) is 44.9 Å². The number of rotatable bonds is 4. The summed E-state index contributed by atoms with van der Waals surface area (Å²) in [6.07, 6.45) is 0. The van der Waals surface area contributed by atoms with Crippen LogP contribution in [0, 0.1) is 0 Å². The van der Waals surface area contributed by atoms with Gasteiger partial charge in [-0.2, -0.15) is 5.10 Å². The number of benzene rings is 2. The zero-order valence-corrected chi connectivity index (χ0v) is 16.9. The van der Waals surface area contributed by atoms with Gasteiger partial charge in [0.05, 0.1) is 24.2 Å². The van der Waals surface area contributed by atoms with Crippen LogP contribution >= 0.6 is 0 Å². The van der Waals surface area contributed by atoms with Gasteiger partial charge < -0.3 is 14.2 Å². The van der Waals surface area contributed by atoms with Gasteiger partial charge in [0.25, 0.3) is 5.56 Å². The Kier molecular flexibility index (Phi) is 4.80. The maximum Gasteiger partial charge on any atom is 0.266 e. The summed E-state index contributed by atoms with van der Waals surface area (Å²) in [5.74, 6) is 0.753. The fourth-order valence-electron chi connectivity index (χ4n) is 3.87. The van der Waals surface area contributed by atoms with E-state index < -0.39 is 0 Å². The summed E-state index contributed by atoms with van der Waals surface area (Å²) in [4.78, 5) is 19.0. The molecule has 4 aromatic rings.